The Morgan fingerprint density at radius 2 is 2.06 bits per heavy atom. The Morgan fingerprint density at radius 1 is 1.39 bits per heavy atom. The number of carbonyl (C=O) groups is 1. The fourth-order valence-electron chi connectivity index (χ4n) is 1.77. The van der Waals surface area contributed by atoms with Crippen LogP contribution < -0.4 is 4.74 Å². The van der Waals surface area contributed by atoms with Gasteiger partial charge in [-0.1, -0.05) is 12.1 Å². The van der Waals surface area contributed by atoms with Gasteiger partial charge < -0.3 is 9.84 Å². The van der Waals surface area contributed by atoms with E-state index < -0.39 is 15.8 Å². The summed E-state index contributed by atoms with van der Waals surface area (Å²) < 4.78 is 28.5. The van der Waals surface area contributed by atoms with Crippen LogP contribution in [0.1, 0.15) is 18.4 Å². The topological polar surface area (TPSA) is 80.7 Å². The average Bonchev–Trinajstić information content (AvgIpc) is 2.26. The van der Waals surface area contributed by atoms with Gasteiger partial charge in [0.15, 0.2) is 9.84 Å². The van der Waals surface area contributed by atoms with Crippen LogP contribution in [0.4, 0.5) is 0 Å². The van der Waals surface area contributed by atoms with Crippen LogP contribution in [0.15, 0.2) is 23.1 Å². The van der Waals surface area contributed by atoms with Crippen molar-refractivity contribution < 1.29 is 23.1 Å². The lowest BCUT2D eigenvalue weighted by atomic mass is 10.1. The lowest BCUT2D eigenvalue weighted by Gasteiger charge is -2.11. The number of methoxy groups -OCH3 is 1. The monoisotopic (exact) mass is 272 g/mol. The first-order valence-electron chi connectivity index (χ1n) is 5.44. The lowest BCUT2D eigenvalue weighted by molar-refractivity contribution is -0.137. The molecule has 0 atom stereocenters. The number of hydrogen-bond donors (Lipinski definition) is 1. The molecule has 100 valence electrons. The van der Waals surface area contributed by atoms with Crippen molar-refractivity contribution in [2.45, 2.75) is 24.2 Å². The van der Waals surface area contributed by atoms with E-state index in [1.54, 1.807) is 18.2 Å². The molecule has 1 N–H and O–H groups in total. The molecular formula is C12H16O5S. The van der Waals surface area contributed by atoms with E-state index in [0.717, 1.165) is 6.26 Å². The number of benzene rings is 1. The van der Waals surface area contributed by atoms with E-state index in [4.69, 9.17) is 9.84 Å². The molecule has 5 nitrogen and oxygen atoms in total. The van der Waals surface area contributed by atoms with Crippen molar-refractivity contribution in [3.05, 3.63) is 23.8 Å². The highest BCUT2D eigenvalue weighted by Crippen LogP contribution is 2.28. The quantitative estimate of drug-likeness (QED) is 0.849. The van der Waals surface area contributed by atoms with Gasteiger partial charge in [0, 0.05) is 12.7 Å². The van der Waals surface area contributed by atoms with E-state index in [9.17, 15) is 13.2 Å². The number of sulfone groups is 1. The predicted octanol–water partition coefficient (Wildman–Crippen LogP) is 1.51. The largest absolute Gasteiger partial charge is 0.495 e. The van der Waals surface area contributed by atoms with E-state index in [1.165, 1.54) is 7.11 Å². The van der Waals surface area contributed by atoms with Crippen LogP contribution in [-0.4, -0.2) is 32.9 Å². The van der Waals surface area contributed by atoms with Gasteiger partial charge in [-0.15, -0.1) is 0 Å². The maximum Gasteiger partial charge on any atom is 0.303 e. The zero-order valence-electron chi connectivity index (χ0n) is 10.3. The molecule has 0 saturated carbocycles. The lowest BCUT2D eigenvalue weighted by Crippen LogP contribution is -2.06. The number of ether oxygens (including phenoxy) is 1. The van der Waals surface area contributed by atoms with Crippen LogP contribution in [0.5, 0.6) is 5.75 Å². The molecule has 1 aromatic rings. The van der Waals surface area contributed by atoms with Crippen molar-refractivity contribution >= 4 is 15.8 Å². The van der Waals surface area contributed by atoms with E-state index >= 15 is 0 Å². The summed E-state index contributed by atoms with van der Waals surface area (Å²) in [6, 6.07) is 4.96. The first-order chi connectivity index (χ1) is 8.36. The van der Waals surface area contributed by atoms with Crippen LogP contribution >= 0.6 is 0 Å². The summed E-state index contributed by atoms with van der Waals surface area (Å²) in [7, 11) is -1.99. The molecule has 0 saturated heterocycles. The highest BCUT2D eigenvalue weighted by molar-refractivity contribution is 7.90. The number of hydrogen-bond acceptors (Lipinski definition) is 4. The Hall–Kier alpha value is -1.56. The molecule has 0 spiro atoms. The molecule has 0 amide bonds. The van der Waals surface area contributed by atoms with Gasteiger partial charge in [-0.05, 0) is 24.5 Å². The van der Waals surface area contributed by atoms with Gasteiger partial charge in [-0.2, -0.15) is 0 Å². The zero-order chi connectivity index (χ0) is 13.8. The fourth-order valence-corrected chi connectivity index (χ4v) is 2.93. The van der Waals surface area contributed by atoms with Crippen molar-refractivity contribution in [1.29, 1.82) is 0 Å². The molecule has 0 bridgehead atoms. The van der Waals surface area contributed by atoms with Crippen LogP contribution in [0.3, 0.4) is 0 Å². The summed E-state index contributed by atoms with van der Waals surface area (Å²) in [5.74, 6) is -0.593. The Bertz CT molecular complexity index is 533. The Balaban J connectivity index is 3.07. The van der Waals surface area contributed by atoms with Crippen LogP contribution in [0, 0.1) is 0 Å². The molecule has 1 rings (SSSR count). The Morgan fingerprint density at radius 3 is 2.56 bits per heavy atom. The van der Waals surface area contributed by atoms with Gasteiger partial charge in [0.25, 0.3) is 0 Å². The Kier molecular flexibility index (Phi) is 4.72. The molecule has 0 fully saturated rings. The number of aryl methyl sites for hydroxylation is 1. The third kappa shape index (κ3) is 3.73. The second-order valence-corrected chi connectivity index (χ2v) is 5.92. The maximum atomic E-state index is 11.7. The van der Waals surface area contributed by atoms with Crippen molar-refractivity contribution in [2.24, 2.45) is 0 Å². The van der Waals surface area contributed by atoms with E-state index in [1.807, 2.05) is 0 Å². The van der Waals surface area contributed by atoms with Gasteiger partial charge in [0.1, 0.15) is 10.6 Å². The first-order valence-corrected chi connectivity index (χ1v) is 7.33. The van der Waals surface area contributed by atoms with Gasteiger partial charge in [0.05, 0.1) is 7.11 Å². The number of rotatable bonds is 6. The van der Waals surface area contributed by atoms with E-state index in [0.29, 0.717) is 24.2 Å². The molecule has 0 aliphatic rings. The van der Waals surface area contributed by atoms with Crippen LogP contribution in [0.25, 0.3) is 0 Å². The van der Waals surface area contributed by atoms with Crippen LogP contribution in [-0.2, 0) is 21.1 Å². The fraction of sp³-hybridized carbons (Fsp3) is 0.417. The van der Waals surface area contributed by atoms with Crippen LogP contribution in [0.2, 0.25) is 0 Å². The van der Waals surface area contributed by atoms with Gasteiger partial charge in [0.2, 0.25) is 0 Å². The van der Waals surface area contributed by atoms with Crippen molar-refractivity contribution in [3.63, 3.8) is 0 Å². The molecule has 18 heavy (non-hydrogen) atoms. The number of carboxylic acids is 1. The molecule has 0 aliphatic carbocycles. The summed E-state index contributed by atoms with van der Waals surface area (Å²) in [5, 5.41) is 8.58. The molecule has 1 aromatic carbocycles. The van der Waals surface area contributed by atoms with Crippen molar-refractivity contribution in [3.8, 4) is 5.75 Å². The van der Waals surface area contributed by atoms with E-state index in [2.05, 4.69) is 0 Å². The van der Waals surface area contributed by atoms with Gasteiger partial charge in [-0.3, -0.25) is 4.79 Å². The smallest absolute Gasteiger partial charge is 0.303 e. The van der Waals surface area contributed by atoms with E-state index in [-0.39, 0.29) is 11.3 Å². The Labute approximate surface area is 106 Å². The minimum Gasteiger partial charge on any atom is -0.495 e. The zero-order valence-corrected chi connectivity index (χ0v) is 11.2. The van der Waals surface area contributed by atoms with Gasteiger partial charge in [-0.25, -0.2) is 8.42 Å². The highest BCUT2D eigenvalue weighted by atomic mass is 32.2. The average molecular weight is 272 g/mol. The summed E-state index contributed by atoms with van der Waals surface area (Å²) in [6.45, 7) is 0. The molecule has 0 unspecified atom stereocenters. The summed E-state index contributed by atoms with van der Waals surface area (Å²) >= 11 is 0. The first kappa shape index (κ1) is 14.5. The second-order valence-electron chi connectivity index (χ2n) is 3.97. The predicted molar refractivity (Wildman–Crippen MR) is 66.7 cm³/mol. The summed E-state index contributed by atoms with van der Waals surface area (Å²) in [5.41, 5.74) is 0.595. The molecule has 0 aliphatic heterocycles. The SMILES string of the molecule is COc1cccc(CCCC(=O)O)c1S(C)(=O)=O. The second kappa shape index (κ2) is 5.86. The molecule has 0 aromatic heterocycles. The number of carboxylic acid groups (broad SMARTS) is 1. The summed E-state index contributed by atoms with van der Waals surface area (Å²) in [4.78, 5) is 10.6. The molecule has 0 radical (unpaired) electrons. The maximum absolute atomic E-state index is 11.7. The summed E-state index contributed by atoms with van der Waals surface area (Å²) in [6.07, 6.45) is 1.92. The third-order valence-electron chi connectivity index (χ3n) is 2.49. The van der Waals surface area contributed by atoms with Crippen molar-refractivity contribution in [2.75, 3.05) is 13.4 Å². The third-order valence-corrected chi connectivity index (χ3v) is 3.69. The number of aliphatic carboxylic acids is 1. The van der Waals surface area contributed by atoms with Gasteiger partial charge >= 0.3 is 5.97 Å². The minimum atomic E-state index is -3.40. The standard InChI is InChI=1S/C12H16O5S/c1-17-10-7-3-5-9(6-4-8-11(13)14)12(10)18(2,15)16/h3,5,7H,4,6,8H2,1-2H3,(H,13,14). The molecular weight excluding hydrogens is 256 g/mol. The normalized spacial score (nSPS) is 11.2. The molecule has 6 heteroatoms. The minimum absolute atomic E-state index is 0.0143. The molecule has 0 heterocycles. The van der Waals surface area contributed by atoms with Crippen molar-refractivity contribution in [1.82, 2.24) is 0 Å². The highest BCUT2D eigenvalue weighted by Gasteiger charge is 2.18.